The van der Waals surface area contributed by atoms with Gasteiger partial charge in [-0.05, 0) is 73.8 Å². The smallest absolute Gasteiger partial charge is 0.274 e. The summed E-state index contributed by atoms with van der Waals surface area (Å²) in [5.74, 6) is 2.13. The van der Waals surface area contributed by atoms with E-state index in [2.05, 4.69) is 10.3 Å². The topological polar surface area (TPSA) is 104 Å². The summed E-state index contributed by atoms with van der Waals surface area (Å²) in [6, 6.07) is 5.35. The maximum Gasteiger partial charge on any atom is 0.274 e. The van der Waals surface area contributed by atoms with E-state index in [4.69, 9.17) is 0 Å². The molecule has 5 aliphatic rings. The summed E-state index contributed by atoms with van der Waals surface area (Å²) in [7, 11) is -3.26. The Balaban J connectivity index is 1.16. The van der Waals surface area contributed by atoms with Gasteiger partial charge in [-0.3, -0.25) is 14.0 Å². The van der Waals surface area contributed by atoms with E-state index in [1.165, 1.54) is 49.1 Å². The van der Waals surface area contributed by atoms with Gasteiger partial charge in [0.2, 0.25) is 10.0 Å². The van der Waals surface area contributed by atoms with Gasteiger partial charge in [0, 0.05) is 38.9 Å². The van der Waals surface area contributed by atoms with Crippen molar-refractivity contribution < 1.29 is 18.0 Å². The number of aromatic nitrogens is 2. The predicted octanol–water partition coefficient (Wildman–Crippen LogP) is 2.00. The van der Waals surface area contributed by atoms with Crippen molar-refractivity contribution in [3.05, 3.63) is 35.8 Å². The molecule has 4 saturated carbocycles. The largest absolute Gasteiger partial charge is 0.350 e. The summed E-state index contributed by atoms with van der Waals surface area (Å²) in [6.07, 6.45) is 10.6. The number of hydrogen-bond acceptors (Lipinski definition) is 5. The number of pyridine rings is 1. The molecule has 0 aromatic carbocycles. The highest BCUT2D eigenvalue weighted by molar-refractivity contribution is 7.88. The number of carbonyl (C=O) groups excluding carboxylic acids is 2. The molecule has 35 heavy (non-hydrogen) atoms. The second kappa shape index (κ2) is 8.30. The van der Waals surface area contributed by atoms with Crippen LogP contribution in [-0.4, -0.2) is 77.8 Å². The number of carbonyl (C=O) groups is 2. The highest BCUT2D eigenvalue weighted by atomic mass is 32.2. The molecular weight excluding hydrogens is 466 g/mol. The van der Waals surface area contributed by atoms with E-state index in [0.29, 0.717) is 24.4 Å². The molecule has 7 rings (SSSR count). The van der Waals surface area contributed by atoms with Crippen molar-refractivity contribution in [1.29, 1.82) is 0 Å². The van der Waals surface area contributed by atoms with E-state index in [0.717, 1.165) is 24.3 Å². The molecule has 0 radical (unpaired) electrons. The summed E-state index contributed by atoms with van der Waals surface area (Å²) in [5, 5.41) is 3.22. The first-order valence-electron chi connectivity index (χ1n) is 12.7. The minimum absolute atomic E-state index is 0.135. The first-order valence-corrected chi connectivity index (χ1v) is 14.5. The van der Waals surface area contributed by atoms with E-state index in [-0.39, 0.29) is 36.0 Å². The molecule has 10 heteroatoms. The maximum atomic E-state index is 13.2. The monoisotopic (exact) mass is 499 g/mol. The van der Waals surface area contributed by atoms with Gasteiger partial charge in [-0.2, -0.15) is 4.31 Å². The molecule has 1 N–H and O–H groups in total. The van der Waals surface area contributed by atoms with Crippen LogP contribution < -0.4 is 5.32 Å². The standard InChI is InChI=1S/C25H33N5O4S/c1-35(33,34)29-7-5-28(6-8-29)24(32)20-15-30-21(3-2-4-22(30)27-20)23(31)26-16-25-12-17-9-18(13-25)11-19(10-17)14-25/h2-4,15,17-19H,5-14,16H2,1H3,(H,26,31). The van der Waals surface area contributed by atoms with Crippen LogP contribution in [0.4, 0.5) is 0 Å². The van der Waals surface area contributed by atoms with Crippen LogP contribution in [-0.2, 0) is 10.0 Å². The van der Waals surface area contributed by atoms with Crippen LogP contribution in [0.1, 0.15) is 59.5 Å². The number of piperazine rings is 1. The van der Waals surface area contributed by atoms with Gasteiger partial charge in [-0.25, -0.2) is 13.4 Å². The van der Waals surface area contributed by atoms with E-state index < -0.39 is 10.0 Å². The molecule has 2 aromatic heterocycles. The summed E-state index contributed by atoms with van der Waals surface area (Å²) in [5.41, 5.74) is 1.54. The van der Waals surface area contributed by atoms with Gasteiger partial charge in [0.05, 0.1) is 6.26 Å². The number of imidazole rings is 1. The Bertz CT molecular complexity index is 1240. The van der Waals surface area contributed by atoms with Crippen molar-refractivity contribution in [3.63, 3.8) is 0 Å². The number of hydrogen-bond donors (Lipinski definition) is 1. The lowest BCUT2D eigenvalue weighted by Crippen LogP contribution is -2.51. The first kappa shape index (κ1) is 23.0. The van der Waals surface area contributed by atoms with Gasteiger partial charge in [0.15, 0.2) is 0 Å². The number of nitrogens with zero attached hydrogens (tertiary/aromatic N) is 4. The Morgan fingerprint density at radius 2 is 1.66 bits per heavy atom. The van der Waals surface area contributed by atoms with Crippen molar-refractivity contribution in [3.8, 4) is 0 Å². The Morgan fingerprint density at radius 1 is 1.03 bits per heavy atom. The molecule has 1 saturated heterocycles. The van der Waals surface area contributed by atoms with Crippen molar-refractivity contribution in [2.45, 2.75) is 38.5 Å². The summed E-state index contributed by atoms with van der Waals surface area (Å²) >= 11 is 0. The SMILES string of the molecule is CS(=O)(=O)N1CCN(C(=O)c2cn3c(C(=O)NCC45CC6CC(CC(C6)C4)C5)cccc3n2)CC1. The van der Waals surface area contributed by atoms with Gasteiger partial charge >= 0.3 is 0 Å². The summed E-state index contributed by atoms with van der Waals surface area (Å²) in [6.45, 7) is 1.90. The van der Waals surface area contributed by atoms with Crippen molar-refractivity contribution >= 4 is 27.5 Å². The molecule has 3 heterocycles. The fraction of sp³-hybridized carbons (Fsp3) is 0.640. The number of amides is 2. The van der Waals surface area contributed by atoms with Crippen LogP contribution in [0.2, 0.25) is 0 Å². The molecule has 1 aliphatic heterocycles. The highest BCUT2D eigenvalue weighted by Crippen LogP contribution is 2.59. The normalized spacial score (nSPS) is 30.7. The van der Waals surface area contributed by atoms with Crippen LogP contribution in [0.25, 0.3) is 5.65 Å². The number of sulfonamides is 1. The second-order valence-electron chi connectivity index (χ2n) is 11.3. The van der Waals surface area contributed by atoms with Gasteiger partial charge in [0.1, 0.15) is 17.0 Å². The number of nitrogens with one attached hydrogen (secondary N) is 1. The van der Waals surface area contributed by atoms with Crippen molar-refractivity contribution in [2.75, 3.05) is 39.0 Å². The Hall–Kier alpha value is -2.46. The highest BCUT2D eigenvalue weighted by Gasteiger charge is 2.50. The van der Waals surface area contributed by atoms with Gasteiger partial charge in [-0.15, -0.1) is 0 Å². The molecule has 2 aromatic rings. The molecule has 0 atom stereocenters. The van der Waals surface area contributed by atoms with Crippen molar-refractivity contribution in [2.24, 2.45) is 23.2 Å². The lowest BCUT2D eigenvalue weighted by Gasteiger charge is -2.56. The maximum absolute atomic E-state index is 13.2. The van der Waals surface area contributed by atoms with Crippen LogP contribution in [0.15, 0.2) is 24.4 Å². The number of rotatable bonds is 5. The Labute approximate surface area is 205 Å². The molecule has 9 nitrogen and oxygen atoms in total. The van der Waals surface area contributed by atoms with Gasteiger partial charge in [-0.1, -0.05) is 6.07 Å². The molecule has 0 spiro atoms. The molecule has 2 amide bonds. The fourth-order valence-corrected chi connectivity index (χ4v) is 8.38. The van der Waals surface area contributed by atoms with Crippen LogP contribution in [0.3, 0.4) is 0 Å². The van der Waals surface area contributed by atoms with Crippen molar-refractivity contribution in [1.82, 2.24) is 23.9 Å². The zero-order chi connectivity index (χ0) is 24.4. The second-order valence-corrected chi connectivity index (χ2v) is 13.3. The summed E-state index contributed by atoms with van der Waals surface area (Å²) < 4.78 is 26.6. The third-order valence-corrected chi connectivity index (χ3v) is 10.0. The van der Waals surface area contributed by atoms with E-state index >= 15 is 0 Å². The minimum Gasteiger partial charge on any atom is -0.350 e. The molecule has 4 aliphatic carbocycles. The zero-order valence-electron chi connectivity index (χ0n) is 20.1. The molecule has 5 fully saturated rings. The quantitative estimate of drug-likeness (QED) is 0.678. The third-order valence-electron chi connectivity index (χ3n) is 8.73. The predicted molar refractivity (Wildman–Crippen MR) is 130 cm³/mol. The molecular formula is C25H33N5O4S. The average molecular weight is 500 g/mol. The molecule has 0 unspecified atom stereocenters. The van der Waals surface area contributed by atoms with Gasteiger partial charge in [0.25, 0.3) is 11.8 Å². The summed E-state index contributed by atoms with van der Waals surface area (Å²) in [4.78, 5) is 32.4. The van der Waals surface area contributed by atoms with Crippen LogP contribution >= 0.6 is 0 Å². The van der Waals surface area contributed by atoms with Gasteiger partial charge < -0.3 is 10.2 Å². The average Bonchev–Trinajstić information content (AvgIpc) is 3.25. The van der Waals surface area contributed by atoms with E-state index in [1.54, 1.807) is 33.7 Å². The van der Waals surface area contributed by atoms with E-state index in [1.807, 2.05) is 0 Å². The van der Waals surface area contributed by atoms with Crippen LogP contribution in [0, 0.1) is 23.2 Å². The minimum atomic E-state index is -3.26. The molecule has 4 bridgehead atoms. The Kier molecular flexibility index (Phi) is 5.45. The zero-order valence-corrected chi connectivity index (χ0v) is 21.0. The molecule has 188 valence electrons. The lowest BCUT2D eigenvalue weighted by atomic mass is 9.49. The van der Waals surface area contributed by atoms with Crippen LogP contribution in [0.5, 0.6) is 0 Å². The number of fused-ring (bicyclic) bond motifs is 1. The first-order chi connectivity index (χ1) is 16.7. The fourth-order valence-electron chi connectivity index (χ4n) is 7.55. The lowest BCUT2D eigenvalue weighted by molar-refractivity contribution is -0.0503. The van der Waals surface area contributed by atoms with E-state index in [9.17, 15) is 18.0 Å². The Morgan fingerprint density at radius 3 is 2.26 bits per heavy atom. The third kappa shape index (κ3) is 4.24.